The van der Waals surface area contributed by atoms with Crippen LogP contribution in [0.1, 0.15) is 65.2 Å². The quantitative estimate of drug-likeness (QED) is 0.519. The van der Waals surface area contributed by atoms with Crippen molar-refractivity contribution in [3.63, 3.8) is 0 Å². The van der Waals surface area contributed by atoms with Gasteiger partial charge in [-0.15, -0.1) is 11.3 Å². The first kappa shape index (κ1) is 29.2. The first-order valence-corrected chi connectivity index (χ1v) is 14.9. The molecule has 0 radical (unpaired) electrons. The summed E-state index contributed by atoms with van der Waals surface area (Å²) in [5.74, 6) is -2.34. The smallest absolute Gasteiger partial charge is 0.322 e. The fourth-order valence-corrected chi connectivity index (χ4v) is 6.56. The summed E-state index contributed by atoms with van der Waals surface area (Å²) in [6.07, 6.45) is 2.46. The summed E-state index contributed by atoms with van der Waals surface area (Å²) < 4.78 is 33.5. The number of aliphatic hydroxyl groups excluding tert-OH is 1. The van der Waals surface area contributed by atoms with E-state index in [1.807, 2.05) is 36.3 Å². The molecule has 1 aliphatic carbocycles. The first-order valence-electron chi connectivity index (χ1n) is 14.0. The lowest BCUT2D eigenvalue weighted by atomic mass is 9.80. The molecule has 3 aliphatic rings. The van der Waals surface area contributed by atoms with Crippen molar-refractivity contribution in [2.75, 3.05) is 44.7 Å². The molecule has 38 heavy (non-hydrogen) atoms. The minimum absolute atomic E-state index is 0.0133. The molecule has 2 aliphatic heterocycles. The van der Waals surface area contributed by atoms with Crippen molar-refractivity contribution in [1.82, 2.24) is 9.80 Å². The number of halogens is 2. The van der Waals surface area contributed by atoms with Crippen molar-refractivity contribution in [2.45, 2.75) is 77.2 Å². The summed E-state index contributed by atoms with van der Waals surface area (Å²) in [6.45, 7) is 6.54. The van der Waals surface area contributed by atoms with Gasteiger partial charge in [-0.25, -0.2) is 13.6 Å². The van der Waals surface area contributed by atoms with Gasteiger partial charge in [0.2, 0.25) is 11.8 Å². The Morgan fingerprint density at radius 2 is 1.95 bits per heavy atom. The molecule has 10 heteroatoms. The Balaban J connectivity index is 1.45. The molecule has 1 saturated carbocycles. The monoisotopic (exact) mass is 555 g/mol. The third kappa shape index (κ3) is 7.88. The molecule has 7 nitrogen and oxygen atoms in total. The Labute approximate surface area is 228 Å². The average molecular weight is 556 g/mol. The topological polar surface area (TPSA) is 82.1 Å². The van der Waals surface area contributed by atoms with Gasteiger partial charge in [-0.2, -0.15) is 0 Å². The van der Waals surface area contributed by atoms with Gasteiger partial charge < -0.3 is 19.6 Å². The zero-order valence-corrected chi connectivity index (χ0v) is 23.5. The average Bonchev–Trinajstić information content (AvgIpc) is 3.37. The molecule has 3 amide bonds. The number of carbonyl (C=O) groups is 2. The molecule has 4 rings (SSSR count). The van der Waals surface area contributed by atoms with E-state index in [9.17, 15) is 23.5 Å². The molecular formula is C28H43F2N3O4S. The van der Waals surface area contributed by atoms with Crippen LogP contribution in [0.3, 0.4) is 0 Å². The Bertz CT molecular complexity index is 919. The fourth-order valence-electron chi connectivity index (χ4n) is 5.96. The molecule has 0 spiro atoms. The molecule has 1 aromatic rings. The largest absolute Gasteiger partial charge is 0.391 e. The molecule has 0 aromatic carbocycles. The fraction of sp³-hybridized carbons (Fsp3) is 0.786. The van der Waals surface area contributed by atoms with Crippen molar-refractivity contribution in [3.05, 3.63) is 17.5 Å². The van der Waals surface area contributed by atoms with Gasteiger partial charge in [0.1, 0.15) is 0 Å². The van der Waals surface area contributed by atoms with E-state index in [-0.39, 0.29) is 49.1 Å². The number of likely N-dealkylation sites (tertiary alicyclic amines) is 1. The van der Waals surface area contributed by atoms with E-state index in [0.29, 0.717) is 52.1 Å². The number of β-amino-alcohol motifs (C(OH)–C–C–N with tert-alkyl or cyclic N) is 1. The number of hydrogen-bond acceptors (Lipinski definition) is 5. The van der Waals surface area contributed by atoms with Gasteiger partial charge in [0.05, 0.1) is 17.7 Å². The number of anilines is 1. The van der Waals surface area contributed by atoms with Crippen LogP contribution in [0, 0.1) is 23.2 Å². The summed E-state index contributed by atoms with van der Waals surface area (Å²) in [4.78, 5) is 30.2. The summed E-state index contributed by atoms with van der Waals surface area (Å²) in [6, 6.07) is 3.66. The highest BCUT2D eigenvalue weighted by molar-refractivity contribution is 7.14. The SMILES string of the molecule is CC1(C)COCCC[C@H]2CN(C(=O)Nc3cccs3)CC[C@H]2CC(=O)N(CC2CCC(F)(F)CC2)C[C@@H]1O. The number of alkyl halides is 2. The maximum absolute atomic E-state index is 13.7. The molecule has 1 aromatic heterocycles. The lowest BCUT2D eigenvalue weighted by molar-refractivity contribution is -0.137. The van der Waals surface area contributed by atoms with Crippen molar-refractivity contribution < 1.29 is 28.2 Å². The molecule has 214 valence electrons. The number of urea groups is 1. The maximum Gasteiger partial charge on any atom is 0.322 e. The molecule has 0 unspecified atom stereocenters. The molecule has 3 fully saturated rings. The standard InChI is InChI=1S/C28H43F2N3O4S/c1-27(2)19-37-13-3-5-22-17-32(26(36)31-24-6-4-14-38-24)12-9-21(22)15-25(35)33(18-23(27)34)16-20-7-10-28(29,30)11-8-20/h4,6,14,20-23,34H,3,5,7-13,15-19H2,1-2H3,(H,31,36)/t21-,22-,23-/m0/s1. The summed E-state index contributed by atoms with van der Waals surface area (Å²) in [5, 5.41) is 16.8. The predicted molar refractivity (Wildman–Crippen MR) is 144 cm³/mol. The lowest BCUT2D eigenvalue weighted by Crippen LogP contribution is -2.49. The number of fused-ring (bicyclic) bond motifs is 1. The van der Waals surface area contributed by atoms with Crippen LogP contribution >= 0.6 is 11.3 Å². The summed E-state index contributed by atoms with van der Waals surface area (Å²) in [5.41, 5.74) is -0.546. The highest BCUT2D eigenvalue weighted by Crippen LogP contribution is 2.37. The van der Waals surface area contributed by atoms with Crippen LogP contribution in [0.5, 0.6) is 0 Å². The normalized spacial score (nSPS) is 29.5. The second-order valence-corrected chi connectivity index (χ2v) is 13.1. The number of amides is 3. The van der Waals surface area contributed by atoms with E-state index < -0.39 is 17.4 Å². The Morgan fingerprint density at radius 1 is 1.18 bits per heavy atom. The Morgan fingerprint density at radius 3 is 2.66 bits per heavy atom. The highest BCUT2D eigenvalue weighted by Gasteiger charge is 2.39. The van der Waals surface area contributed by atoms with E-state index in [0.717, 1.165) is 24.3 Å². The van der Waals surface area contributed by atoms with Crippen LogP contribution in [0.4, 0.5) is 18.6 Å². The van der Waals surface area contributed by atoms with Crippen molar-refractivity contribution in [3.8, 4) is 0 Å². The lowest BCUT2D eigenvalue weighted by Gasteiger charge is -2.40. The number of piperidine rings is 1. The zero-order valence-electron chi connectivity index (χ0n) is 22.7. The number of nitrogens with one attached hydrogen (secondary N) is 1. The van der Waals surface area contributed by atoms with E-state index >= 15 is 0 Å². The summed E-state index contributed by atoms with van der Waals surface area (Å²) in [7, 11) is 0. The Hall–Kier alpha value is -1.78. The maximum atomic E-state index is 13.7. The number of ether oxygens (including phenoxy) is 1. The minimum Gasteiger partial charge on any atom is -0.391 e. The van der Waals surface area contributed by atoms with Crippen molar-refractivity contribution >= 4 is 28.3 Å². The minimum atomic E-state index is -2.61. The van der Waals surface area contributed by atoms with E-state index in [1.165, 1.54) is 11.3 Å². The summed E-state index contributed by atoms with van der Waals surface area (Å²) >= 11 is 1.48. The highest BCUT2D eigenvalue weighted by atomic mass is 32.1. The number of rotatable bonds is 3. The van der Waals surface area contributed by atoms with Gasteiger partial charge in [-0.05, 0) is 67.4 Å². The van der Waals surface area contributed by atoms with Crippen molar-refractivity contribution in [2.24, 2.45) is 23.2 Å². The van der Waals surface area contributed by atoms with Gasteiger partial charge in [-0.3, -0.25) is 10.1 Å². The number of hydrogen-bond donors (Lipinski definition) is 2. The zero-order chi connectivity index (χ0) is 27.3. The van der Waals surface area contributed by atoms with Crippen molar-refractivity contribution in [1.29, 1.82) is 0 Å². The predicted octanol–water partition coefficient (Wildman–Crippen LogP) is 5.46. The second-order valence-electron chi connectivity index (χ2n) is 12.2. The Kier molecular flexibility index (Phi) is 9.68. The molecule has 3 atom stereocenters. The number of aliphatic hydroxyl groups is 1. The van der Waals surface area contributed by atoms with Crippen LogP contribution < -0.4 is 5.32 Å². The van der Waals surface area contributed by atoms with E-state index in [4.69, 9.17) is 4.74 Å². The second kappa shape index (κ2) is 12.6. The molecule has 2 N–H and O–H groups in total. The van der Waals surface area contributed by atoms with Gasteiger partial charge in [0.25, 0.3) is 0 Å². The van der Waals surface area contributed by atoms with E-state index in [2.05, 4.69) is 5.32 Å². The molecule has 2 saturated heterocycles. The van der Waals surface area contributed by atoms with Gasteiger partial charge in [0, 0.05) is 57.5 Å². The van der Waals surface area contributed by atoms with Gasteiger partial charge >= 0.3 is 6.03 Å². The van der Waals surface area contributed by atoms with Crippen LogP contribution in [0.25, 0.3) is 0 Å². The molecule has 0 bridgehead atoms. The van der Waals surface area contributed by atoms with Crippen LogP contribution in [0.15, 0.2) is 17.5 Å². The number of thiophene rings is 1. The van der Waals surface area contributed by atoms with Gasteiger partial charge in [0.15, 0.2) is 0 Å². The first-order chi connectivity index (χ1) is 18.0. The van der Waals surface area contributed by atoms with Crippen LogP contribution in [-0.2, 0) is 9.53 Å². The molecule has 3 heterocycles. The molecular weight excluding hydrogens is 512 g/mol. The number of carbonyl (C=O) groups excluding carboxylic acids is 2. The number of nitrogens with zero attached hydrogens (tertiary/aromatic N) is 2. The third-order valence-corrected chi connectivity index (χ3v) is 9.45. The van der Waals surface area contributed by atoms with Crippen LogP contribution in [-0.4, -0.2) is 78.3 Å². The van der Waals surface area contributed by atoms with Crippen LogP contribution in [0.2, 0.25) is 0 Å². The van der Waals surface area contributed by atoms with E-state index in [1.54, 1.807) is 4.90 Å². The van der Waals surface area contributed by atoms with Gasteiger partial charge in [-0.1, -0.05) is 13.8 Å². The third-order valence-electron chi connectivity index (χ3n) is 8.67.